The van der Waals surface area contributed by atoms with Crippen LogP contribution in [0.5, 0.6) is 5.88 Å². The summed E-state index contributed by atoms with van der Waals surface area (Å²) in [5.74, 6) is -0.352. The standard InChI is InChI=1S/C19H19FN2O3S/c20-16-4-1-8-21-18(16)24-11-14-7-9-25-19(14)12-22(13-19)17(23)6-5-15-3-2-10-26-15/h1-6,8,10,14H,7,9,11-13H2/b6-5+/t14-/m0/s1. The van der Waals surface area contributed by atoms with Gasteiger partial charge in [0.2, 0.25) is 11.8 Å². The van der Waals surface area contributed by atoms with Gasteiger partial charge in [-0.15, -0.1) is 11.3 Å². The molecule has 0 aliphatic carbocycles. The number of ether oxygens (including phenoxy) is 2. The van der Waals surface area contributed by atoms with E-state index in [0.29, 0.717) is 26.3 Å². The van der Waals surface area contributed by atoms with Gasteiger partial charge >= 0.3 is 0 Å². The molecule has 0 N–H and O–H groups in total. The van der Waals surface area contributed by atoms with Crippen LogP contribution in [-0.2, 0) is 9.53 Å². The fourth-order valence-electron chi connectivity index (χ4n) is 3.43. The number of hydrogen-bond acceptors (Lipinski definition) is 5. The van der Waals surface area contributed by atoms with Crippen molar-refractivity contribution in [3.63, 3.8) is 0 Å². The quantitative estimate of drug-likeness (QED) is 0.755. The molecule has 2 fully saturated rings. The van der Waals surface area contributed by atoms with Crippen LogP contribution < -0.4 is 4.74 Å². The van der Waals surface area contributed by atoms with Gasteiger partial charge in [-0.3, -0.25) is 4.79 Å². The molecule has 0 bridgehead atoms. The lowest BCUT2D eigenvalue weighted by atomic mass is 9.81. The minimum atomic E-state index is -0.468. The Labute approximate surface area is 155 Å². The van der Waals surface area contributed by atoms with E-state index in [1.165, 1.54) is 18.3 Å². The maximum Gasteiger partial charge on any atom is 0.250 e. The molecular weight excluding hydrogens is 355 g/mol. The molecule has 2 saturated heterocycles. The number of amides is 1. The summed E-state index contributed by atoms with van der Waals surface area (Å²) in [7, 11) is 0. The third-order valence-corrected chi connectivity index (χ3v) is 5.75. The Balaban J connectivity index is 1.33. The zero-order valence-electron chi connectivity index (χ0n) is 14.1. The molecule has 2 aliphatic heterocycles. The van der Waals surface area contributed by atoms with Gasteiger partial charge in [-0.25, -0.2) is 9.37 Å². The molecule has 0 aromatic carbocycles. The van der Waals surface area contributed by atoms with E-state index in [4.69, 9.17) is 9.47 Å². The fourth-order valence-corrected chi connectivity index (χ4v) is 4.05. The smallest absolute Gasteiger partial charge is 0.250 e. The van der Waals surface area contributed by atoms with E-state index in [0.717, 1.165) is 11.3 Å². The van der Waals surface area contributed by atoms with Crippen molar-refractivity contribution in [2.75, 3.05) is 26.3 Å². The van der Waals surface area contributed by atoms with Crippen LogP contribution in [0.4, 0.5) is 4.39 Å². The number of likely N-dealkylation sites (tertiary alicyclic amines) is 1. The summed E-state index contributed by atoms with van der Waals surface area (Å²) in [5.41, 5.74) is -0.377. The first-order valence-electron chi connectivity index (χ1n) is 8.54. The average Bonchev–Trinajstić information content (AvgIpc) is 3.27. The Hall–Kier alpha value is -2.25. The number of aromatic nitrogens is 1. The van der Waals surface area contributed by atoms with Gasteiger partial charge in [0.1, 0.15) is 5.60 Å². The predicted molar refractivity (Wildman–Crippen MR) is 96.4 cm³/mol. The molecule has 1 amide bonds. The SMILES string of the molecule is O=C(/C=C/c1cccs1)N1CC2(C1)OCC[C@H]2COc1ncccc1F. The van der Waals surface area contributed by atoms with E-state index in [1.54, 1.807) is 22.3 Å². The van der Waals surface area contributed by atoms with Crippen LogP contribution in [0.3, 0.4) is 0 Å². The zero-order chi connectivity index (χ0) is 18.0. The lowest BCUT2D eigenvalue weighted by molar-refractivity contribution is -0.162. The van der Waals surface area contributed by atoms with Gasteiger partial charge in [-0.1, -0.05) is 6.07 Å². The number of halogens is 1. The lowest BCUT2D eigenvalue weighted by Gasteiger charge is -2.49. The van der Waals surface area contributed by atoms with Crippen LogP contribution in [0.15, 0.2) is 41.9 Å². The highest BCUT2D eigenvalue weighted by Crippen LogP contribution is 2.40. The molecule has 4 rings (SSSR count). The molecule has 7 heteroatoms. The van der Waals surface area contributed by atoms with E-state index in [9.17, 15) is 9.18 Å². The Morgan fingerprint density at radius 1 is 1.46 bits per heavy atom. The minimum absolute atomic E-state index is 0.0145. The number of nitrogens with zero attached hydrogens (tertiary/aromatic N) is 2. The molecule has 5 nitrogen and oxygen atoms in total. The predicted octanol–water partition coefficient (Wildman–Crippen LogP) is 2.99. The Kier molecular flexibility index (Phi) is 4.74. The Morgan fingerprint density at radius 2 is 2.35 bits per heavy atom. The highest BCUT2D eigenvalue weighted by Gasteiger charge is 2.54. The summed E-state index contributed by atoms with van der Waals surface area (Å²) in [6, 6.07) is 6.78. The molecule has 26 heavy (non-hydrogen) atoms. The number of rotatable bonds is 5. The van der Waals surface area contributed by atoms with Gasteiger partial charge in [0.05, 0.1) is 19.7 Å². The zero-order valence-corrected chi connectivity index (χ0v) is 15.0. The normalized spacial score (nSPS) is 21.3. The summed E-state index contributed by atoms with van der Waals surface area (Å²) in [6.07, 6.45) is 5.77. The highest BCUT2D eigenvalue weighted by atomic mass is 32.1. The first-order valence-corrected chi connectivity index (χ1v) is 9.42. The number of pyridine rings is 1. The van der Waals surface area contributed by atoms with Crippen LogP contribution in [0.25, 0.3) is 6.08 Å². The van der Waals surface area contributed by atoms with Gasteiger partial charge in [-0.2, -0.15) is 0 Å². The summed E-state index contributed by atoms with van der Waals surface area (Å²) >= 11 is 1.59. The van der Waals surface area contributed by atoms with Gasteiger partial charge in [0.15, 0.2) is 5.82 Å². The monoisotopic (exact) mass is 374 g/mol. The van der Waals surface area contributed by atoms with Crippen molar-refractivity contribution < 1.29 is 18.7 Å². The maximum atomic E-state index is 13.6. The fraction of sp³-hybridized carbons (Fsp3) is 0.368. The molecule has 0 radical (unpaired) electrons. The number of thiophene rings is 1. The van der Waals surface area contributed by atoms with Gasteiger partial charge < -0.3 is 14.4 Å². The Bertz CT molecular complexity index is 803. The second kappa shape index (κ2) is 7.17. The van der Waals surface area contributed by atoms with E-state index in [-0.39, 0.29) is 23.3 Å². The largest absolute Gasteiger partial charge is 0.475 e. The van der Waals surface area contributed by atoms with Crippen LogP contribution in [0.2, 0.25) is 0 Å². The summed E-state index contributed by atoms with van der Waals surface area (Å²) in [4.78, 5) is 19.0. The molecule has 2 aromatic rings. The third-order valence-electron chi connectivity index (χ3n) is 4.91. The highest BCUT2D eigenvalue weighted by molar-refractivity contribution is 7.10. The van der Waals surface area contributed by atoms with Crippen LogP contribution >= 0.6 is 11.3 Å². The van der Waals surface area contributed by atoms with Gasteiger partial charge in [-0.05, 0) is 36.1 Å². The van der Waals surface area contributed by atoms with Crippen molar-refractivity contribution >= 4 is 23.3 Å². The average molecular weight is 374 g/mol. The number of hydrogen-bond donors (Lipinski definition) is 0. The van der Waals surface area contributed by atoms with E-state index >= 15 is 0 Å². The van der Waals surface area contributed by atoms with Crippen molar-refractivity contribution in [1.29, 1.82) is 0 Å². The molecule has 4 heterocycles. The molecule has 2 aliphatic rings. The van der Waals surface area contributed by atoms with Crippen LogP contribution in [-0.4, -0.2) is 47.7 Å². The molecule has 0 saturated carbocycles. The number of carbonyl (C=O) groups excluding carboxylic acids is 1. The van der Waals surface area contributed by atoms with E-state index < -0.39 is 5.82 Å². The topological polar surface area (TPSA) is 51.7 Å². The van der Waals surface area contributed by atoms with Crippen molar-refractivity contribution in [1.82, 2.24) is 9.88 Å². The molecule has 2 aromatic heterocycles. The van der Waals surface area contributed by atoms with Gasteiger partial charge in [0, 0.05) is 29.7 Å². The molecular formula is C19H19FN2O3S. The van der Waals surface area contributed by atoms with Crippen molar-refractivity contribution in [3.8, 4) is 5.88 Å². The minimum Gasteiger partial charge on any atom is -0.475 e. The molecule has 1 spiro atoms. The van der Waals surface area contributed by atoms with Crippen LogP contribution in [0.1, 0.15) is 11.3 Å². The Morgan fingerprint density at radius 3 is 3.12 bits per heavy atom. The molecule has 0 unspecified atom stereocenters. The first kappa shape index (κ1) is 17.2. The van der Waals surface area contributed by atoms with Crippen LogP contribution in [0, 0.1) is 11.7 Å². The van der Waals surface area contributed by atoms with Crippen molar-refractivity contribution in [2.24, 2.45) is 5.92 Å². The summed E-state index contributed by atoms with van der Waals surface area (Å²) in [6.45, 7) is 2.05. The third kappa shape index (κ3) is 3.37. The van der Waals surface area contributed by atoms with Crippen molar-refractivity contribution in [2.45, 2.75) is 12.0 Å². The number of carbonyl (C=O) groups is 1. The molecule has 136 valence electrons. The second-order valence-electron chi connectivity index (χ2n) is 6.54. The lowest BCUT2D eigenvalue weighted by Crippen LogP contribution is -2.66. The van der Waals surface area contributed by atoms with E-state index in [1.807, 2.05) is 23.6 Å². The summed E-state index contributed by atoms with van der Waals surface area (Å²) in [5, 5.41) is 1.98. The first-order chi connectivity index (χ1) is 12.7. The molecule has 1 atom stereocenters. The maximum absolute atomic E-state index is 13.6. The van der Waals surface area contributed by atoms with E-state index in [2.05, 4.69) is 4.98 Å². The van der Waals surface area contributed by atoms with Crippen molar-refractivity contribution in [3.05, 3.63) is 52.6 Å². The van der Waals surface area contributed by atoms with Gasteiger partial charge in [0.25, 0.3) is 0 Å². The second-order valence-corrected chi connectivity index (χ2v) is 7.52. The summed E-state index contributed by atoms with van der Waals surface area (Å²) < 4.78 is 25.1.